The molecule has 0 aliphatic carbocycles. The molecule has 1 aliphatic rings. The lowest BCUT2D eigenvalue weighted by atomic mass is 10.0. The number of rotatable bonds is 4. The predicted octanol–water partition coefficient (Wildman–Crippen LogP) is 1.60. The second-order valence-corrected chi connectivity index (χ2v) is 5.23. The second kappa shape index (κ2) is 7.82. The Labute approximate surface area is 126 Å². The molecule has 1 aromatic rings. The summed E-state index contributed by atoms with van der Waals surface area (Å²) in [5.41, 5.74) is 7.77. The van der Waals surface area contributed by atoms with Crippen molar-refractivity contribution in [2.24, 2.45) is 5.73 Å². The highest BCUT2D eigenvalue weighted by atomic mass is 16.5. The zero-order valence-electron chi connectivity index (χ0n) is 12.4. The van der Waals surface area contributed by atoms with Crippen molar-refractivity contribution >= 4 is 5.91 Å². The Bertz CT molecular complexity index is 552. The van der Waals surface area contributed by atoms with Crippen LogP contribution in [-0.4, -0.2) is 31.7 Å². The smallest absolute Gasteiger partial charge is 0.252 e. The van der Waals surface area contributed by atoms with Crippen LogP contribution in [0.4, 0.5) is 0 Å². The summed E-state index contributed by atoms with van der Waals surface area (Å²) < 4.78 is 5.55. The van der Waals surface area contributed by atoms with Crippen molar-refractivity contribution in [2.45, 2.75) is 32.3 Å². The lowest BCUT2D eigenvalue weighted by Crippen LogP contribution is -2.27. The summed E-state index contributed by atoms with van der Waals surface area (Å²) in [5, 5.41) is 2.95. The number of hydrogen-bond donors (Lipinski definition) is 2. The van der Waals surface area contributed by atoms with E-state index in [-0.39, 0.29) is 12.5 Å². The summed E-state index contributed by atoms with van der Waals surface area (Å²) in [6, 6.07) is 5.68. The molecular formula is C17H22N2O2. The highest BCUT2D eigenvalue weighted by Crippen LogP contribution is 2.15. The first-order valence-electron chi connectivity index (χ1n) is 7.40. The van der Waals surface area contributed by atoms with Gasteiger partial charge in [-0.1, -0.05) is 23.5 Å². The van der Waals surface area contributed by atoms with E-state index in [4.69, 9.17) is 10.5 Å². The van der Waals surface area contributed by atoms with Crippen LogP contribution in [0.2, 0.25) is 0 Å². The summed E-state index contributed by atoms with van der Waals surface area (Å²) in [7, 11) is 0. The monoisotopic (exact) mass is 286 g/mol. The third-order valence-corrected chi connectivity index (χ3v) is 3.52. The lowest BCUT2D eigenvalue weighted by Gasteiger charge is -2.11. The maximum Gasteiger partial charge on any atom is 0.252 e. The fraction of sp³-hybridized carbons (Fsp3) is 0.471. The Balaban J connectivity index is 1.98. The van der Waals surface area contributed by atoms with Crippen molar-refractivity contribution in [3.63, 3.8) is 0 Å². The first kappa shape index (κ1) is 15.6. The molecule has 1 heterocycles. The van der Waals surface area contributed by atoms with Gasteiger partial charge < -0.3 is 15.8 Å². The van der Waals surface area contributed by atoms with E-state index in [1.165, 1.54) is 0 Å². The molecule has 0 saturated carbocycles. The number of hydrogen-bond acceptors (Lipinski definition) is 3. The Morgan fingerprint density at radius 3 is 3.10 bits per heavy atom. The molecule has 4 heteroatoms. The Kier molecular flexibility index (Phi) is 5.79. The molecule has 2 rings (SSSR count). The van der Waals surface area contributed by atoms with Crippen molar-refractivity contribution in [2.75, 3.05) is 19.7 Å². The van der Waals surface area contributed by atoms with E-state index in [2.05, 4.69) is 17.2 Å². The van der Waals surface area contributed by atoms with E-state index in [9.17, 15) is 4.79 Å². The molecule has 1 fully saturated rings. The molecule has 0 aromatic heterocycles. The SMILES string of the molecule is Cc1ccc(C#CCN)c(C(=O)NCCC2CCCO2)c1. The zero-order valence-corrected chi connectivity index (χ0v) is 12.4. The molecule has 1 amide bonds. The van der Waals surface area contributed by atoms with Gasteiger partial charge in [-0.3, -0.25) is 4.79 Å². The minimum atomic E-state index is -0.0852. The molecule has 1 unspecified atom stereocenters. The average Bonchev–Trinajstić information content (AvgIpc) is 2.99. The number of ether oxygens (including phenoxy) is 1. The first-order valence-corrected chi connectivity index (χ1v) is 7.40. The maximum absolute atomic E-state index is 12.3. The number of nitrogens with two attached hydrogens (primary N) is 1. The molecular weight excluding hydrogens is 264 g/mol. The van der Waals surface area contributed by atoms with Crippen LogP contribution in [0, 0.1) is 18.8 Å². The number of carbonyl (C=O) groups excluding carboxylic acids is 1. The van der Waals surface area contributed by atoms with Gasteiger partial charge in [-0.15, -0.1) is 0 Å². The molecule has 1 saturated heterocycles. The molecule has 1 aliphatic heterocycles. The number of benzene rings is 1. The van der Waals surface area contributed by atoms with Crippen LogP contribution in [0.5, 0.6) is 0 Å². The largest absolute Gasteiger partial charge is 0.378 e. The van der Waals surface area contributed by atoms with Gasteiger partial charge in [0, 0.05) is 18.7 Å². The van der Waals surface area contributed by atoms with Crippen LogP contribution in [0.15, 0.2) is 18.2 Å². The maximum atomic E-state index is 12.3. The fourth-order valence-corrected chi connectivity index (χ4v) is 2.42. The summed E-state index contributed by atoms with van der Waals surface area (Å²) >= 11 is 0. The summed E-state index contributed by atoms with van der Waals surface area (Å²) in [6.45, 7) is 3.72. The summed E-state index contributed by atoms with van der Waals surface area (Å²) in [5.74, 6) is 5.66. The van der Waals surface area contributed by atoms with Crippen LogP contribution in [-0.2, 0) is 4.74 Å². The Hall–Kier alpha value is -1.83. The van der Waals surface area contributed by atoms with Crippen LogP contribution < -0.4 is 11.1 Å². The third-order valence-electron chi connectivity index (χ3n) is 3.52. The molecule has 4 nitrogen and oxygen atoms in total. The van der Waals surface area contributed by atoms with Gasteiger partial charge in [-0.2, -0.15) is 0 Å². The van der Waals surface area contributed by atoms with Gasteiger partial charge in [0.25, 0.3) is 5.91 Å². The van der Waals surface area contributed by atoms with Crippen LogP contribution >= 0.6 is 0 Å². The molecule has 0 radical (unpaired) electrons. The fourth-order valence-electron chi connectivity index (χ4n) is 2.42. The highest BCUT2D eigenvalue weighted by Gasteiger charge is 2.16. The van der Waals surface area contributed by atoms with E-state index in [0.717, 1.165) is 37.0 Å². The number of carbonyl (C=O) groups is 1. The van der Waals surface area contributed by atoms with Crippen LogP contribution in [0.25, 0.3) is 0 Å². The van der Waals surface area contributed by atoms with Gasteiger partial charge in [-0.05, 0) is 38.3 Å². The summed E-state index contributed by atoms with van der Waals surface area (Å²) in [6.07, 6.45) is 3.36. The summed E-state index contributed by atoms with van der Waals surface area (Å²) in [4.78, 5) is 12.3. The van der Waals surface area contributed by atoms with Crippen molar-refractivity contribution in [1.82, 2.24) is 5.32 Å². The van der Waals surface area contributed by atoms with Gasteiger partial charge in [0.2, 0.25) is 0 Å². The van der Waals surface area contributed by atoms with Crippen molar-refractivity contribution in [1.29, 1.82) is 0 Å². The van der Waals surface area contributed by atoms with Crippen LogP contribution in [0.3, 0.4) is 0 Å². The predicted molar refractivity (Wildman–Crippen MR) is 83.0 cm³/mol. The zero-order chi connectivity index (χ0) is 15.1. The molecule has 0 bridgehead atoms. The number of amides is 1. The first-order chi connectivity index (χ1) is 10.2. The van der Waals surface area contributed by atoms with E-state index in [0.29, 0.717) is 18.2 Å². The van der Waals surface area contributed by atoms with Gasteiger partial charge >= 0.3 is 0 Å². The normalized spacial score (nSPS) is 17.1. The molecule has 1 atom stereocenters. The number of aryl methyl sites for hydroxylation is 1. The van der Waals surface area contributed by atoms with Crippen molar-refractivity contribution in [3.05, 3.63) is 34.9 Å². The van der Waals surface area contributed by atoms with Crippen molar-refractivity contribution < 1.29 is 9.53 Å². The van der Waals surface area contributed by atoms with Gasteiger partial charge in [0.05, 0.1) is 18.2 Å². The standard InChI is InChI=1S/C17H22N2O2/c1-13-6-7-14(4-2-9-18)16(12-13)17(20)19-10-8-15-5-3-11-21-15/h6-7,12,15H,3,5,8-11,18H2,1H3,(H,19,20). The van der Waals surface area contributed by atoms with E-state index >= 15 is 0 Å². The van der Waals surface area contributed by atoms with Gasteiger partial charge in [0.15, 0.2) is 0 Å². The molecule has 0 spiro atoms. The minimum Gasteiger partial charge on any atom is -0.378 e. The Morgan fingerprint density at radius 1 is 1.52 bits per heavy atom. The third kappa shape index (κ3) is 4.59. The highest BCUT2D eigenvalue weighted by molar-refractivity contribution is 5.96. The quantitative estimate of drug-likeness (QED) is 0.826. The van der Waals surface area contributed by atoms with E-state index in [1.54, 1.807) is 0 Å². The van der Waals surface area contributed by atoms with Crippen molar-refractivity contribution in [3.8, 4) is 11.8 Å². The van der Waals surface area contributed by atoms with E-state index in [1.807, 2.05) is 25.1 Å². The van der Waals surface area contributed by atoms with Gasteiger partial charge in [-0.25, -0.2) is 0 Å². The average molecular weight is 286 g/mol. The lowest BCUT2D eigenvalue weighted by molar-refractivity contribution is 0.0907. The molecule has 112 valence electrons. The minimum absolute atomic E-state index is 0.0852. The molecule has 3 N–H and O–H groups in total. The van der Waals surface area contributed by atoms with Gasteiger partial charge in [0.1, 0.15) is 0 Å². The van der Waals surface area contributed by atoms with E-state index < -0.39 is 0 Å². The topological polar surface area (TPSA) is 64.4 Å². The Morgan fingerprint density at radius 2 is 2.38 bits per heavy atom. The number of nitrogens with one attached hydrogen (secondary N) is 1. The molecule has 21 heavy (non-hydrogen) atoms. The van der Waals surface area contributed by atoms with Crippen LogP contribution in [0.1, 0.15) is 40.7 Å². The molecule has 1 aromatic carbocycles. The second-order valence-electron chi connectivity index (χ2n) is 5.23.